The van der Waals surface area contributed by atoms with Crippen LogP contribution in [0.1, 0.15) is 181 Å². The summed E-state index contributed by atoms with van der Waals surface area (Å²) in [5.41, 5.74) is 0. The van der Waals surface area contributed by atoms with Gasteiger partial charge >= 0.3 is 19.8 Å². The van der Waals surface area contributed by atoms with Crippen molar-refractivity contribution in [3.8, 4) is 0 Å². The molecule has 0 aromatic heterocycles. The Bertz CT molecular complexity index is 949. The Kier molecular flexibility index (Phi) is 34.2. The fourth-order valence-corrected chi connectivity index (χ4v) is 6.33. The second-order valence-electron chi connectivity index (χ2n) is 15.4. The summed E-state index contributed by atoms with van der Waals surface area (Å²) < 4.78 is 34.2. The second-order valence-corrected chi connectivity index (χ2v) is 16.8. The van der Waals surface area contributed by atoms with Crippen LogP contribution in [0.5, 0.6) is 0 Å². The molecular formula is C42H81NO8P+. The summed E-state index contributed by atoms with van der Waals surface area (Å²) in [4.78, 5) is 35.3. The van der Waals surface area contributed by atoms with Crippen LogP contribution in [0.15, 0.2) is 24.3 Å². The molecule has 0 aromatic rings. The van der Waals surface area contributed by atoms with Crippen molar-refractivity contribution in [3.63, 3.8) is 0 Å². The molecule has 9 nitrogen and oxygen atoms in total. The van der Waals surface area contributed by atoms with E-state index in [1.165, 1.54) is 77.0 Å². The van der Waals surface area contributed by atoms with Crippen LogP contribution in [0.4, 0.5) is 0 Å². The van der Waals surface area contributed by atoms with Crippen LogP contribution in [-0.2, 0) is 32.7 Å². The number of unbranched alkanes of at least 4 members (excludes halogenated alkanes) is 20. The van der Waals surface area contributed by atoms with E-state index in [9.17, 15) is 19.0 Å². The average molecular weight is 759 g/mol. The maximum absolute atomic E-state index is 12.6. The first-order valence-electron chi connectivity index (χ1n) is 21.1. The highest BCUT2D eigenvalue weighted by atomic mass is 31.2. The SMILES string of the molecule is CCCCCCC/C=C/CCCCCCCC(=O)OC[C@H](COP(=O)(O)OCC[N+](C)(C)C)OC(=O)CCCCCCC/C=C/CCCCCCC. The lowest BCUT2D eigenvalue weighted by Crippen LogP contribution is -2.37. The predicted octanol–water partition coefficient (Wildman–Crippen LogP) is 11.6. The number of esters is 2. The number of phosphoric acid groups is 1. The van der Waals surface area contributed by atoms with E-state index in [1.807, 2.05) is 21.1 Å². The molecule has 1 N–H and O–H groups in total. The van der Waals surface area contributed by atoms with Gasteiger partial charge in [-0.2, -0.15) is 0 Å². The Labute approximate surface area is 319 Å². The van der Waals surface area contributed by atoms with Gasteiger partial charge in [0.15, 0.2) is 6.10 Å². The smallest absolute Gasteiger partial charge is 0.462 e. The molecule has 0 radical (unpaired) electrons. The lowest BCUT2D eigenvalue weighted by atomic mass is 10.1. The lowest BCUT2D eigenvalue weighted by Gasteiger charge is -2.24. The minimum Gasteiger partial charge on any atom is -0.462 e. The molecule has 306 valence electrons. The molecule has 52 heavy (non-hydrogen) atoms. The normalized spacial score (nSPS) is 13.9. The number of likely N-dealkylation sites (N-methyl/N-ethyl adjacent to an activating group) is 1. The van der Waals surface area contributed by atoms with Crippen LogP contribution >= 0.6 is 7.82 Å². The number of carbonyl (C=O) groups excluding carboxylic acids is 2. The molecular weight excluding hydrogens is 677 g/mol. The van der Waals surface area contributed by atoms with Crippen LogP contribution in [0.3, 0.4) is 0 Å². The van der Waals surface area contributed by atoms with Crippen molar-refractivity contribution in [2.24, 2.45) is 0 Å². The quantitative estimate of drug-likeness (QED) is 0.0218. The van der Waals surface area contributed by atoms with E-state index in [0.29, 0.717) is 17.4 Å². The summed E-state index contributed by atoms with van der Waals surface area (Å²) in [5, 5.41) is 0. The summed E-state index contributed by atoms with van der Waals surface area (Å²) in [7, 11) is 1.47. The molecule has 0 aliphatic rings. The minimum atomic E-state index is -4.37. The van der Waals surface area contributed by atoms with E-state index in [2.05, 4.69) is 38.2 Å². The number of ether oxygens (including phenoxy) is 2. The number of carbonyl (C=O) groups is 2. The first kappa shape index (κ1) is 50.5. The van der Waals surface area contributed by atoms with Crippen molar-refractivity contribution in [1.29, 1.82) is 0 Å². The van der Waals surface area contributed by atoms with Crippen LogP contribution in [-0.4, -0.2) is 74.9 Å². The zero-order valence-electron chi connectivity index (χ0n) is 34.3. The molecule has 2 atom stereocenters. The van der Waals surface area contributed by atoms with Gasteiger partial charge in [0.1, 0.15) is 19.8 Å². The van der Waals surface area contributed by atoms with Crippen molar-refractivity contribution in [1.82, 2.24) is 0 Å². The molecule has 0 aliphatic heterocycles. The molecule has 0 spiro atoms. The highest BCUT2D eigenvalue weighted by Gasteiger charge is 2.27. The number of phosphoric ester groups is 1. The van der Waals surface area contributed by atoms with E-state index in [4.69, 9.17) is 18.5 Å². The van der Waals surface area contributed by atoms with Gasteiger partial charge < -0.3 is 18.9 Å². The fourth-order valence-electron chi connectivity index (χ4n) is 5.59. The standard InChI is InChI=1S/C42H80NO8P/c1-6-8-10-12-14-16-18-20-22-24-26-28-30-32-34-41(44)48-38-40(39-50-52(46,47)49-37-36-43(3,4)5)51-42(45)35-33-31-29-27-25-23-21-19-17-15-13-11-9-7-2/h18-21,40H,6-17,22-39H2,1-5H3/p+1/b20-18+,21-19+/t40-/m1/s1. The number of hydrogen-bond donors (Lipinski definition) is 1. The van der Waals surface area contributed by atoms with Gasteiger partial charge in [-0.05, 0) is 64.2 Å². The van der Waals surface area contributed by atoms with Crippen LogP contribution in [0.25, 0.3) is 0 Å². The van der Waals surface area contributed by atoms with Gasteiger partial charge in [0.25, 0.3) is 0 Å². The van der Waals surface area contributed by atoms with E-state index >= 15 is 0 Å². The Hall–Kier alpha value is -1.51. The van der Waals surface area contributed by atoms with E-state index in [0.717, 1.165) is 70.6 Å². The largest absolute Gasteiger partial charge is 0.472 e. The zero-order chi connectivity index (χ0) is 38.6. The van der Waals surface area contributed by atoms with Gasteiger partial charge in [-0.15, -0.1) is 0 Å². The molecule has 0 heterocycles. The third-order valence-electron chi connectivity index (χ3n) is 8.95. The molecule has 1 unspecified atom stereocenters. The Morgan fingerprint density at radius 3 is 1.42 bits per heavy atom. The van der Waals surface area contributed by atoms with Crippen LogP contribution < -0.4 is 0 Å². The summed E-state index contributed by atoms with van der Waals surface area (Å²) in [6.07, 6.45) is 36.5. The maximum atomic E-state index is 12.6. The van der Waals surface area contributed by atoms with E-state index in [-0.39, 0.29) is 32.0 Å². The Morgan fingerprint density at radius 1 is 0.577 bits per heavy atom. The second kappa shape index (κ2) is 35.2. The van der Waals surface area contributed by atoms with Gasteiger partial charge in [-0.3, -0.25) is 18.6 Å². The first-order chi connectivity index (χ1) is 25.0. The lowest BCUT2D eigenvalue weighted by molar-refractivity contribution is -0.870. The van der Waals surface area contributed by atoms with Crippen molar-refractivity contribution in [2.75, 3.05) is 47.5 Å². The maximum Gasteiger partial charge on any atom is 0.472 e. The molecule has 0 aromatic carbocycles. The molecule has 0 saturated carbocycles. The monoisotopic (exact) mass is 759 g/mol. The molecule has 0 aliphatic carbocycles. The van der Waals surface area contributed by atoms with Gasteiger partial charge in [-0.25, -0.2) is 4.57 Å². The first-order valence-corrected chi connectivity index (χ1v) is 22.6. The number of allylic oxidation sites excluding steroid dienone is 4. The van der Waals surface area contributed by atoms with Crippen LogP contribution in [0, 0.1) is 0 Å². The number of hydrogen-bond acceptors (Lipinski definition) is 7. The van der Waals surface area contributed by atoms with Crippen molar-refractivity contribution < 1.29 is 42.1 Å². The summed E-state index contributed by atoms with van der Waals surface area (Å²) >= 11 is 0. The third kappa shape index (κ3) is 38.2. The van der Waals surface area contributed by atoms with Gasteiger partial charge in [-0.1, -0.05) is 128 Å². The fraction of sp³-hybridized carbons (Fsp3) is 0.857. The Balaban J connectivity index is 4.41. The summed E-state index contributed by atoms with van der Waals surface area (Å²) in [6, 6.07) is 0. The number of rotatable bonds is 38. The highest BCUT2D eigenvalue weighted by Crippen LogP contribution is 2.43. The summed E-state index contributed by atoms with van der Waals surface area (Å²) in [6.45, 7) is 4.38. The number of nitrogens with zero attached hydrogens (tertiary/aromatic N) is 1. The van der Waals surface area contributed by atoms with Crippen molar-refractivity contribution in [2.45, 2.75) is 187 Å². The molecule has 0 amide bonds. The van der Waals surface area contributed by atoms with Gasteiger partial charge in [0, 0.05) is 12.8 Å². The predicted molar refractivity (Wildman–Crippen MR) is 215 cm³/mol. The molecule has 0 rings (SSSR count). The minimum absolute atomic E-state index is 0.0298. The Morgan fingerprint density at radius 2 is 0.981 bits per heavy atom. The third-order valence-corrected chi connectivity index (χ3v) is 9.94. The molecule has 0 fully saturated rings. The van der Waals surface area contributed by atoms with Gasteiger partial charge in [0.05, 0.1) is 27.7 Å². The van der Waals surface area contributed by atoms with Gasteiger partial charge in [0.2, 0.25) is 0 Å². The molecule has 0 saturated heterocycles. The topological polar surface area (TPSA) is 108 Å². The highest BCUT2D eigenvalue weighted by molar-refractivity contribution is 7.47. The van der Waals surface area contributed by atoms with Crippen molar-refractivity contribution >= 4 is 19.8 Å². The average Bonchev–Trinajstić information content (AvgIpc) is 3.09. The van der Waals surface area contributed by atoms with E-state index < -0.39 is 26.5 Å². The number of quaternary nitrogens is 1. The molecule has 0 bridgehead atoms. The zero-order valence-corrected chi connectivity index (χ0v) is 35.2. The van der Waals surface area contributed by atoms with E-state index in [1.54, 1.807) is 0 Å². The summed E-state index contributed by atoms with van der Waals surface area (Å²) in [5.74, 6) is -0.817. The van der Waals surface area contributed by atoms with Crippen molar-refractivity contribution in [3.05, 3.63) is 24.3 Å². The molecule has 10 heteroatoms. The van der Waals surface area contributed by atoms with Crippen LogP contribution in [0.2, 0.25) is 0 Å².